The van der Waals surface area contributed by atoms with Crippen LogP contribution in [0.3, 0.4) is 0 Å². The number of hydrogen-bond donors (Lipinski definition) is 1. The standard InChI is InChI=1S/C14H18F3NO2/c1-9(2)20-8-13(19)18-10(3)11-4-6-12(7-5-11)14(15,16)17/h4-7,9-10H,8H2,1-3H3,(H,18,19). The number of hydrogen-bond acceptors (Lipinski definition) is 2. The molecule has 1 aromatic rings. The van der Waals surface area contributed by atoms with E-state index in [0.717, 1.165) is 12.1 Å². The summed E-state index contributed by atoms with van der Waals surface area (Å²) in [5, 5.41) is 2.66. The van der Waals surface area contributed by atoms with Crippen LogP contribution in [0.4, 0.5) is 13.2 Å². The van der Waals surface area contributed by atoms with Crippen LogP contribution in [0.2, 0.25) is 0 Å². The molecule has 0 aliphatic carbocycles. The third-order valence-electron chi connectivity index (χ3n) is 2.66. The summed E-state index contributed by atoms with van der Waals surface area (Å²) < 4.78 is 42.4. The minimum absolute atomic E-state index is 0.0536. The zero-order valence-corrected chi connectivity index (χ0v) is 11.6. The second-order valence-corrected chi connectivity index (χ2v) is 4.77. The molecule has 1 rings (SSSR count). The van der Waals surface area contributed by atoms with Crippen molar-refractivity contribution in [1.29, 1.82) is 0 Å². The Hall–Kier alpha value is -1.56. The largest absolute Gasteiger partial charge is 0.416 e. The minimum Gasteiger partial charge on any atom is -0.369 e. The molecule has 6 heteroatoms. The number of benzene rings is 1. The first kappa shape index (κ1) is 16.5. The second kappa shape index (κ2) is 6.74. The molecule has 0 aliphatic heterocycles. The molecule has 1 amide bonds. The van der Waals surface area contributed by atoms with Gasteiger partial charge in [0.05, 0.1) is 17.7 Å². The van der Waals surface area contributed by atoms with E-state index in [1.807, 2.05) is 13.8 Å². The van der Waals surface area contributed by atoms with E-state index in [1.165, 1.54) is 12.1 Å². The van der Waals surface area contributed by atoms with Gasteiger partial charge in [0.1, 0.15) is 6.61 Å². The highest BCUT2D eigenvalue weighted by molar-refractivity contribution is 5.77. The number of carbonyl (C=O) groups is 1. The van der Waals surface area contributed by atoms with Crippen molar-refractivity contribution in [1.82, 2.24) is 5.32 Å². The van der Waals surface area contributed by atoms with Gasteiger partial charge in [-0.3, -0.25) is 4.79 Å². The highest BCUT2D eigenvalue weighted by Crippen LogP contribution is 2.29. The van der Waals surface area contributed by atoms with Crippen LogP contribution in [-0.2, 0) is 15.7 Å². The van der Waals surface area contributed by atoms with Crippen LogP contribution < -0.4 is 5.32 Å². The molecule has 20 heavy (non-hydrogen) atoms. The number of carbonyl (C=O) groups excluding carboxylic acids is 1. The van der Waals surface area contributed by atoms with Gasteiger partial charge in [0.25, 0.3) is 0 Å². The van der Waals surface area contributed by atoms with E-state index in [9.17, 15) is 18.0 Å². The molecule has 1 aromatic carbocycles. The van der Waals surface area contributed by atoms with Crippen molar-refractivity contribution in [2.75, 3.05) is 6.61 Å². The van der Waals surface area contributed by atoms with Crippen LogP contribution in [0.25, 0.3) is 0 Å². The average molecular weight is 289 g/mol. The molecule has 3 nitrogen and oxygen atoms in total. The van der Waals surface area contributed by atoms with Gasteiger partial charge in [-0.05, 0) is 38.5 Å². The molecule has 0 radical (unpaired) electrons. The van der Waals surface area contributed by atoms with Gasteiger partial charge in [-0.15, -0.1) is 0 Å². The molecule has 0 saturated heterocycles. The van der Waals surface area contributed by atoms with Gasteiger partial charge in [-0.2, -0.15) is 13.2 Å². The van der Waals surface area contributed by atoms with Gasteiger partial charge in [-0.1, -0.05) is 12.1 Å². The van der Waals surface area contributed by atoms with Gasteiger partial charge >= 0.3 is 6.18 Å². The highest BCUT2D eigenvalue weighted by Gasteiger charge is 2.30. The average Bonchev–Trinajstić information content (AvgIpc) is 2.35. The van der Waals surface area contributed by atoms with Crippen molar-refractivity contribution in [2.24, 2.45) is 0 Å². The Morgan fingerprint density at radius 3 is 2.20 bits per heavy atom. The lowest BCUT2D eigenvalue weighted by Gasteiger charge is -2.16. The minimum atomic E-state index is -4.35. The Morgan fingerprint density at radius 1 is 1.20 bits per heavy atom. The Labute approximate surface area is 116 Å². The molecule has 0 aliphatic rings. The van der Waals surface area contributed by atoms with E-state index in [0.29, 0.717) is 5.56 Å². The monoisotopic (exact) mass is 289 g/mol. The summed E-state index contributed by atoms with van der Waals surface area (Å²) in [6, 6.07) is 4.35. The van der Waals surface area contributed by atoms with Crippen LogP contribution in [-0.4, -0.2) is 18.6 Å². The molecule has 1 unspecified atom stereocenters. The van der Waals surface area contributed by atoms with E-state index in [4.69, 9.17) is 4.74 Å². The van der Waals surface area contributed by atoms with Crippen LogP contribution in [0.5, 0.6) is 0 Å². The number of amides is 1. The molecule has 0 heterocycles. The summed E-state index contributed by atoms with van der Waals surface area (Å²) in [7, 11) is 0. The lowest BCUT2D eigenvalue weighted by molar-refractivity contribution is -0.137. The van der Waals surface area contributed by atoms with Crippen molar-refractivity contribution < 1.29 is 22.7 Å². The van der Waals surface area contributed by atoms with Crippen LogP contribution in [0.1, 0.15) is 37.9 Å². The fourth-order valence-electron chi connectivity index (χ4n) is 1.57. The normalized spacial score (nSPS) is 13.3. The van der Waals surface area contributed by atoms with E-state index in [2.05, 4.69) is 5.32 Å². The van der Waals surface area contributed by atoms with E-state index in [1.54, 1.807) is 6.92 Å². The van der Waals surface area contributed by atoms with E-state index < -0.39 is 11.7 Å². The molecule has 0 aromatic heterocycles. The summed E-state index contributed by atoms with van der Waals surface area (Å²) in [6.45, 7) is 5.26. The summed E-state index contributed by atoms with van der Waals surface area (Å²) >= 11 is 0. The van der Waals surface area contributed by atoms with Crippen molar-refractivity contribution in [2.45, 2.75) is 39.1 Å². The number of rotatable bonds is 5. The third-order valence-corrected chi connectivity index (χ3v) is 2.66. The topological polar surface area (TPSA) is 38.3 Å². The van der Waals surface area contributed by atoms with Crippen LogP contribution in [0, 0.1) is 0 Å². The van der Waals surface area contributed by atoms with Gasteiger partial charge in [0.2, 0.25) is 5.91 Å². The van der Waals surface area contributed by atoms with Gasteiger partial charge in [-0.25, -0.2) is 0 Å². The first-order valence-electron chi connectivity index (χ1n) is 6.28. The van der Waals surface area contributed by atoms with Gasteiger partial charge < -0.3 is 10.1 Å². The molecule has 112 valence electrons. The van der Waals surface area contributed by atoms with Gasteiger partial charge in [0, 0.05) is 0 Å². The molecule has 0 spiro atoms. The lowest BCUT2D eigenvalue weighted by Crippen LogP contribution is -2.31. The smallest absolute Gasteiger partial charge is 0.369 e. The summed E-state index contributed by atoms with van der Waals surface area (Å²) in [4.78, 5) is 11.5. The number of ether oxygens (including phenoxy) is 1. The zero-order valence-electron chi connectivity index (χ0n) is 11.6. The SMILES string of the molecule is CC(C)OCC(=O)NC(C)c1ccc(C(F)(F)F)cc1. The molecule has 1 atom stereocenters. The number of nitrogens with one attached hydrogen (secondary N) is 1. The van der Waals surface area contributed by atoms with Crippen molar-refractivity contribution in [3.63, 3.8) is 0 Å². The molecule has 0 bridgehead atoms. The quantitative estimate of drug-likeness (QED) is 0.903. The zero-order chi connectivity index (χ0) is 15.3. The van der Waals surface area contributed by atoms with Crippen molar-refractivity contribution in [3.8, 4) is 0 Å². The Balaban J connectivity index is 2.60. The number of halogens is 3. The first-order chi connectivity index (χ1) is 9.20. The molecule has 0 fully saturated rings. The van der Waals surface area contributed by atoms with Gasteiger partial charge in [0.15, 0.2) is 0 Å². The van der Waals surface area contributed by atoms with E-state index in [-0.39, 0.29) is 24.7 Å². The second-order valence-electron chi connectivity index (χ2n) is 4.77. The predicted octanol–water partition coefficient (Wildman–Crippen LogP) is 3.31. The van der Waals surface area contributed by atoms with Crippen molar-refractivity contribution in [3.05, 3.63) is 35.4 Å². The maximum atomic E-state index is 12.4. The number of alkyl halides is 3. The Morgan fingerprint density at radius 2 is 1.75 bits per heavy atom. The first-order valence-corrected chi connectivity index (χ1v) is 6.28. The Kier molecular flexibility index (Phi) is 5.56. The third kappa shape index (κ3) is 5.21. The summed E-state index contributed by atoms with van der Waals surface area (Å²) in [6.07, 6.45) is -4.40. The fraction of sp³-hybridized carbons (Fsp3) is 0.500. The molecular weight excluding hydrogens is 271 g/mol. The highest BCUT2D eigenvalue weighted by atomic mass is 19.4. The molecule has 0 saturated carbocycles. The molecular formula is C14H18F3NO2. The maximum absolute atomic E-state index is 12.4. The summed E-state index contributed by atoms with van der Waals surface area (Å²) in [5.74, 6) is -0.300. The fourth-order valence-corrected chi connectivity index (χ4v) is 1.57. The maximum Gasteiger partial charge on any atom is 0.416 e. The predicted molar refractivity (Wildman–Crippen MR) is 69.1 cm³/mol. The Bertz CT molecular complexity index is 441. The van der Waals surface area contributed by atoms with Crippen LogP contribution >= 0.6 is 0 Å². The molecule has 1 N–H and O–H groups in total. The van der Waals surface area contributed by atoms with E-state index >= 15 is 0 Å². The summed E-state index contributed by atoms with van der Waals surface area (Å²) in [5.41, 5.74) is -0.0983. The van der Waals surface area contributed by atoms with Crippen LogP contribution in [0.15, 0.2) is 24.3 Å². The van der Waals surface area contributed by atoms with Crippen molar-refractivity contribution >= 4 is 5.91 Å². The lowest BCUT2D eigenvalue weighted by atomic mass is 10.1.